The third kappa shape index (κ3) is 2.36. The van der Waals surface area contributed by atoms with Gasteiger partial charge in [0.05, 0.1) is 27.9 Å². The van der Waals surface area contributed by atoms with Crippen LogP contribution in [0, 0.1) is 17.0 Å². The molecular weight excluding hydrogens is 288 g/mol. The first-order chi connectivity index (χ1) is 10.1. The van der Waals surface area contributed by atoms with Gasteiger partial charge < -0.3 is 0 Å². The van der Waals surface area contributed by atoms with Crippen LogP contribution in [-0.2, 0) is 0 Å². The molecule has 0 aliphatic heterocycles. The van der Waals surface area contributed by atoms with E-state index in [0.29, 0.717) is 16.4 Å². The van der Waals surface area contributed by atoms with E-state index >= 15 is 0 Å². The minimum atomic E-state index is -0.363. The smallest absolute Gasteiger partial charge is 0.258 e. The van der Waals surface area contributed by atoms with E-state index in [4.69, 9.17) is 0 Å². The van der Waals surface area contributed by atoms with Crippen LogP contribution in [0.4, 0.5) is 5.69 Å². The van der Waals surface area contributed by atoms with Gasteiger partial charge in [-0.2, -0.15) is 0 Å². The van der Waals surface area contributed by atoms with Crippen LogP contribution in [0.1, 0.15) is 5.56 Å². The summed E-state index contributed by atoms with van der Waals surface area (Å²) >= 11 is 1.43. The van der Waals surface area contributed by atoms with Crippen molar-refractivity contribution in [3.8, 4) is 11.3 Å². The molecule has 0 amide bonds. The van der Waals surface area contributed by atoms with Gasteiger partial charge in [-0.1, -0.05) is 17.8 Å². The maximum atomic E-state index is 11.3. The lowest BCUT2D eigenvalue weighted by molar-refractivity contribution is -0.384. The maximum absolute atomic E-state index is 11.3. The highest BCUT2D eigenvalue weighted by Gasteiger charge is 2.18. The van der Waals surface area contributed by atoms with Crippen LogP contribution in [-0.4, -0.2) is 25.8 Å². The van der Waals surface area contributed by atoms with Crippen LogP contribution < -0.4 is 0 Å². The second-order valence-corrected chi connectivity index (χ2v) is 5.35. The highest BCUT2D eigenvalue weighted by molar-refractivity contribution is 7.98. The Morgan fingerprint density at radius 3 is 2.81 bits per heavy atom. The summed E-state index contributed by atoms with van der Waals surface area (Å²) in [6, 6.07) is 8.87. The average molecular weight is 300 g/mol. The molecule has 0 N–H and O–H groups in total. The fourth-order valence-corrected chi connectivity index (χ4v) is 2.51. The first-order valence-corrected chi connectivity index (χ1v) is 7.47. The number of benzene rings is 1. The van der Waals surface area contributed by atoms with Gasteiger partial charge in [0.15, 0.2) is 0 Å². The topological polar surface area (TPSA) is 73.3 Å². The Labute approximate surface area is 125 Å². The second kappa shape index (κ2) is 5.17. The van der Waals surface area contributed by atoms with Crippen LogP contribution >= 0.6 is 11.8 Å². The van der Waals surface area contributed by atoms with Gasteiger partial charge in [0, 0.05) is 6.07 Å². The van der Waals surface area contributed by atoms with Crippen molar-refractivity contribution in [2.75, 3.05) is 6.26 Å². The van der Waals surface area contributed by atoms with E-state index in [-0.39, 0.29) is 10.6 Å². The summed E-state index contributed by atoms with van der Waals surface area (Å²) in [6.45, 7) is 1.83. The number of fused-ring (bicyclic) bond motifs is 1. The number of nitro benzene ring substituents is 1. The lowest BCUT2D eigenvalue weighted by Crippen LogP contribution is -2.00. The molecule has 0 aliphatic rings. The number of aryl methyl sites for hydroxylation is 1. The summed E-state index contributed by atoms with van der Waals surface area (Å²) in [7, 11) is 0. The largest absolute Gasteiger partial charge is 0.279 e. The van der Waals surface area contributed by atoms with E-state index in [9.17, 15) is 10.1 Å². The first kappa shape index (κ1) is 13.6. The van der Waals surface area contributed by atoms with Crippen LogP contribution in [0.2, 0.25) is 0 Å². The zero-order valence-corrected chi connectivity index (χ0v) is 12.3. The Morgan fingerprint density at radius 1 is 1.29 bits per heavy atom. The summed E-state index contributed by atoms with van der Waals surface area (Å²) in [5, 5.41) is 16.3. The van der Waals surface area contributed by atoms with Crippen LogP contribution in [0.15, 0.2) is 41.7 Å². The molecule has 2 aromatic heterocycles. The van der Waals surface area contributed by atoms with Gasteiger partial charge in [-0.25, -0.2) is 9.50 Å². The monoisotopic (exact) mass is 300 g/mol. The molecule has 3 aromatic rings. The molecule has 0 saturated carbocycles. The highest BCUT2D eigenvalue weighted by Crippen LogP contribution is 2.31. The average Bonchev–Trinajstić information content (AvgIpc) is 2.89. The van der Waals surface area contributed by atoms with E-state index in [1.165, 1.54) is 11.8 Å². The van der Waals surface area contributed by atoms with Gasteiger partial charge in [-0.15, -0.1) is 5.10 Å². The number of hydrogen-bond donors (Lipinski definition) is 0. The quantitative estimate of drug-likeness (QED) is 0.421. The van der Waals surface area contributed by atoms with Gasteiger partial charge >= 0.3 is 0 Å². The van der Waals surface area contributed by atoms with Crippen molar-refractivity contribution in [2.24, 2.45) is 0 Å². The molecule has 0 radical (unpaired) electrons. The fraction of sp³-hybridized carbons (Fsp3) is 0.143. The van der Waals surface area contributed by atoms with Gasteiger partial charge in [-0.3, -0.25) is 10.1 Å². The molecule has 1 aromatic carbocycles. The Morgan fingerprint density at radius 2 is 2.10 bits per heavy atom. The molecule has 0 spiro atoms. The predicted octanol–water partition coefficient (Wildman–Crippen LogP) is 3.33. The first-order valence-electron chi connectivity index (χ1n) is 6.24. The minimum Gasteiger partial charge on any atom is -0.258 e. The standard InChI is InChI=1S/C14H12N4O2S/c1-9-3-5-11(13(7-9)18(19)20)12-6-4-10-8-15-14(21-2)16-17(10)12/h3-8H,1-2H3. The number of nitro groups is 1. The normalized spacial score (nSPS) is 11.0. The number of thioether (sulfide) groups is 1. The van der Waals surface area contributed by atoms with Crippen molar-refractivity contribution >= 4 is 23.0 Å². The van der Waals surface area contributed by atoms with Crippen molar-refractivity contribution < 1.29 is 4.92 Å². The molecular formula is C14H12N4O2S. The number of rotatable bonds is 3. The molecule has 0 atom stereocenters. The second-order valence-electron chi connectivity index (χ2n) is 4.58. The summed E-state index contributed by atoms with van der Waals surface area (Å²) < 4.78 is 1.69. The summed E-state index contributed by atoms with van der Waals surface area (Å²) in [5.41, 5.74) is 2.98. The third-order valence-electron chi connectivity index (χ3n) is 3.19. The van der Waals surface area contributed by atoms with Gasteiger partial charge in [-0.05, 0) is 36.9 Å². The Bertz CT molecular complexity index is 844. The zero-order valence-electron chi connectivity index (χ0n) is 11.5. The summed E-state index contributed by atoms with van der Waals surface area (Å²) in [5.74, 6) is 0. The van der Waals surface area contributed by atoms with Gasteiger partial charge in [0.2, 0.25) is 5.16 Å². The molecule has 7 heteroatoms. The molecule has 2 heterocycles. The molecule has 106 valence electrons. The summed E-state index contributed by atoms with van der Waals surface area (Å²) in [4.78, 5) is 15.1. The van der Waals surface area contributed by atoms with E-state index < -0.39 is 0 Å². The number of nitrogens with zero attached hydrogens (tertiary/aromatic N) is 4. The van der Waals surface area contributed by atoms with Crippen molar-refractivity contribution in [3.63, 3.8) is 0 Å². The zero-order chi connectivity index (χ0) is 15.0. The van der Waals surface area contributed by atoms with E-state index in [2.05, 4.69) is 10.1 Å². The molecule has 3 rings (SSSR count). The van der Waals surface area contributed by atoms with Crippen molar-refractivity contribution in [3.05, 3.63) is 52.2 Å². The van der Waals surface area contributed by atoms with Crippen LogP contribution in [0.25, 0.3) is 16.8 Å². The van der Waals surface area contributed by atoms with E-state index in [0.717, 1.165) is 11.1 Å². The maximum Gasteiger partial charge on any atom is 0.279 e. The third-order valence-corrected chi connectivity index (χ3v) is 3.74. The lowest BCUT2D eigenvalue weighted by atomic mass is 10.1. The highest BCUT2D eigenvalue weighted by atomic mass is 32.2. The van der Waals surface area contributed by atoms with Crippen LogP contribution in [0.3, 0.4) is 0 Å². The van der Waals surface area contributed by atoms with Crippen molar-refractivity contribution in [1.29, 1.82) is 0 Å². The molecule has 0 unspecified atom stereocenters. The lowest BCUT2D eigenvalue weighted by Gasteiger charge is -2.05. The van der Waals surface area contributed by atoms with Crippen LogP contribution in [0.5, 0.6) is 0 Å². The molecule has 21 heavy (non-hydrogen) atoms. The Hall–Kier alpha value is -2.41. The molecule has 0 saturated heterocycles. The predicted molar refractivity (Wildman–Crippen MR) is 81.6 cm³/mol. The summed E-state index contributed by atoms with van der Waals surface area (Å²) in [6.07, 6.45) is 3.60. The molecule has 0 fully saturated rings. The number of aromatic nitrogens is 3. The van der Waals surface area contributed by atoms with Crippen molar-refractivity contribution in [2.45, 2.75) is 12.1 Å². The Balaban J connectivity index is 2.27. The fourth-order valence-electron chi connectivity index (χ4n) is 2.19. The number of hydrogen-bond acceptors (Lipinski definition) is 5. The van der Waals surface area contributed by atoms with E-state index in [1.54, 1.807) is 22.8 Å². The van der Waals surface area contributed by atoms with Gasteiger partial charge in [0.25, 0.3) is 5.69 Å². The Kier molecular flexibility index (Phi) is 3.34. The molecule has 6 nitrogen and oxygen atoms in total. The van der Waals surface area contributed by atoms with E-state index in [1.807, 2.05) is 31.4 Å². The molecule has 0 bridgehead atoms. The minimum absolute atomic E-state index is 0.0827. The van der Waals surface area contributed by atoms with Crippen molar-refractivity contribution in [1.82, 2.24) is 14.6 Å². The SMILES string of the molecule is CSc1ncc2ccc(-c3ccc(C)cc3[N+](=O)[O-])n2n1. The van der Waals surface area contributed by atoms with Gasteiger partial charge in [0.1, 0.15) is 0 Å². The molecule has 0 aliphatic carbocycles.